The first kappa shape index (κ1) is 35.1. The molecule has 0 atom stereocenters. The summed E-state index contributed by atoms with van der Waals surface area (Å²) in [6.07, 6.45) is 3.85. The van der Waals surface area contributed by atoms with Crippen LogP contribution in [0.25, 0.3) is 33.6 Å². The van der Waals surface area contributed by atoms with Gasteiger partial charge in [0.05, 0.1) is 0 Å². The second kappa shape index (κ2) is 14.4. The molecular weight excluding hydrogens is 816 g/mol. The number of fused-ring (bicyclic) bond motifs is 4. The van der Waals surface area contributed by atoms with Crippen molar-refractivity contribution in [3.8, 4) is 56.6 Å². The molecule has 0 unspecified atom stereocenters. The second-order valence-electron chi connectivity index (χ2n) is 14.2. The van der Waals surface area contributed by atoms with E-state index in [9.17, 15) is 0 Å². The molecule has 2 aliphatic heterocycles. The monoisotopic (exact) mass is 853 g/mol. The minimum atomic E-state index is 0. The van der Waals surface area contributed by atoms with Crippen LogP contribution in [0.1, 0.15) is 37.5 Å². The molecule has 2 aliphatic rings. The Morgan fingerprint density at radius 2 is 1.40 bits per heavy atom. The largest absolute Gasteiger partial charge is 0.503 e. The van der Waals surface area contributed by atoms with Gasteiger partial charge in [-0.3, -0.25) is 0 Å². The summed E-state index contributed by atoms with van der Waals surface area (Å²) in [4.78, 5) is 9.26. The molecule has 0 spiro atoms. The average Bonchev–Trinajstić information content (AvgIpc) is 3.15. The summed E-state index contributed by atoms with van der Waals surface area (Å²) in [5.74, 6) is 3.36. The van der Waals surface area contributed by atoms with Crippen molar-refractivity contribution in [2.45, 2.75) is 40.0 Å². The van der Waals surface area contributed by atoms with Gasteiger partial charge in [0, 0.05) is 43.7 Å². The van der Waals surface area contributed by atoms with E-state index < -0.39 is 0 Å². The fourth-order valence-corrected chi connectivity index (χ4v) is 7.06. The van der Waals surface area contributed by atoms with Crippen molar-refractivity contribution < 1.29 is 29.6 Å². The van der Waals surface area contributed by atoms with Crippen molar-refractivity contribution in [3.63, 3.8) is 0 Å². The Morgan fingerprint density at radius 1 is 0.654 bits per heavy atom. The first-order valence-electron chi connectivity index (χ1n) is 17.3. The fourth-order valence-electron chi connectivity index (χ4n) is 7.06. The van der Waals surface area contributed by atoms with Crippen molar-refractivity contribution >= 4 is 23.1 Å². The van der Waals surface area contributed by atoms with Gasteiger partial charge in [-0.15, -0.1) is 59.1 Å². The number of aryl methyl sites for hydroxylation is 2. The Bertz CT molecular complexity index is 2390. The molecule has 0 bridgehead atoms. The van der Waals surface area contributed by atoms with Gasteiger partial charge in [0.2, 0.25) is 6.71 Å². The molecule has 7 aromatic rings. The Labute approximate surface area is 320 Å². The number of hydrogen-bond donors (Lipinski definition) is 0. The number of pyridine rings is 2. The van der Waals surface area contributed by atoms with E-state index >= 15 is 0 Å². The van der Waals surface area contributed by atoms with Crippen molar-refractivity contribution in [1.82, 2.24) is 9.97 Å². The van der Waals surface area contributed by atoms with Gasteiger partial charge in [0.15, 0.2) is 0 Å². The standard InChI is InChI=1S/C29H17BNO2.C17H20N.Ir/c1-2-8-19(9-3-1)20-16-17-31-24(18-20)21-10-6-12-23-29(21)33-27-15-7-14-26-28(27)30(23)22-11-4-5-13-25(22)32-26;1-12-6-8-14(9-7-12)16-10-13(2)15(11-18-16)17(3,4)5;/h1-9,11-18H;6-8,10-11H,1-5H3;/q2*-1;. The van der Waals surface area contributed by atoms with Crippen LogP contribution in [0.5, 0.6) is 23.0 Å². The summed E-state index contributed by atoms with van der Waals surface area (Å²) in [7, 11) is 0. The molecule has 9 rings (SSSR count). The second-order valence-corrected chi connectivity index (χ2v) is 14.2. The van der Waals surface area contributed by atoms with Crippen LogP contribution in [-0.2, 0) is 25.5 Å². The minimum Gasteiger partial charge on any atom is -0.503 e. The molecule has 0 aliphatic carbocycles. The van der Waals surface area contributed by atoms with E-state index in [0.717, 1.165) is 73.0 Å². The first-order valence-corrected chi connectivity index (χ1v) is 17.3. The Morgan fingerprint density at radius 3 is 2.15 bits per heavy atom. The smallest absolute Gasteiger partial charge is 0.241 e. The van der Waals surface area contributed by atoms with Gasteiger partial charge in [-0.05, 0) is 70.1 Å². The van der Waals surface area contributed by atoms with Crippen LogP contribution in [0.15, 0.2) is 134 Å². The maximum atomic E-state index is 6.52. The van der Waals surface area contributed by atoms with E-state index in [4.69, 9.17) is 14.5 Å². The van der Waals surface area contributed by atoms with E-state index in [0.29, 0.717) is 0 Å². The van der Waals surface area contributed by atoms with Crippen LogP contribution in [0.2, 0.25) is 0 Å². The summed E-state index contributed by atoms with van der Waals surface area (Å²) in [5.41, 5.74) is 13.3. The third-order valence-electron chi connectivity index (χ3n) is 9.55. The number of nitrogens with zero attached hydrogens (tertiary/aromatic N) is 2. The predicted molar refractivity (Wildman–Crippen MR) is 208 cm³/mol. The summed E-state index contributed by atoms with van der Waals surface area (Å²) in [5, 5.41) is 0. The molecule has 2 aromatic heterocycles. The number of para-hydroxylation sites is 1. The van der Waals surface area contributed by atoms with Crippen LogP contribution in [0, 0.1) is 26.0 Å². The molecule has 0 N–H and O–H groups in total. The third kappa shape index (κ3) is 6.73. The number of benzene rings is 5. The quantitative estimate of drug-likeness (QED) is 0.131. The first-order chi connectivity index (χ1) is 24.7. The molecule has 257 valence electrons. The number of rotatable bonds is 3. The Hall–Kier alpha value is -5.29. The normalized spacial score (nSPS) is 12.1. The molecule has 0 saturated carbocycles. The summed E-state index contributed by atoms with van der Waals surface area (Å²) >= 11 is 0. The van der Waals surface area contributed by atoms with Crippen molar-refractivity contribution in [2.75, 3.05) is 0 Å². The zero-order chi connectivity index (χ0) is 35.1. The van der Waals surface area contributed by atoms with Crippen LogP contribution < -0.4 is 25.9 Å². The van der Waals surface area contributed by atoms with Gasteiger partial charge in [-0.25, -0.2) is 0 Å². The zero-order valence-corrected chi connectivity index (χ0v) is 32.2. The summed E-state index contributed by atoms with van der Waals surface area (Å²) in [6, 6.07) is 47.8. The van der Waals surface area contributed by atoms with E-state index in [1.54, 1.807) is 0 Å². The average molecular weight is 853 g/mol. The van der Waals surface area contributed by atoms with E-state index in [1.807, 2.05) is 79.1 Å². The Kier molecular flexibility index (Phi) is 9.72. The molecule has 4 nitrogen and oxygen atoms in total. The number of aromatic nitrogens is 2. The molecule has 6 heteroatoms. The van der Waals surface area contributed by atoms with Crippen LogP contribution in [0.4, 0.5) is 0 Å². The van der Waals surface area contributed by atoms with E-state index in [-0.39, 0.29) is 32.2 Å². The van der Waals surface area contributed by atoms with E-state index in [2.05, 4.69) is 106 Å². The maximum Gasteiger partial charge on any atom is 0.241 e. The minimum absolute atomic E-state index is 0. The van der Waals surface area contributed by atoms with Crippen molar-refractivity contribution in [3.05, 3.63) is 163 Å². The SMILES string of the molecule is Cc1c[c-]c(-c2cc(C)c(C(C)(C)C)cn2)cc1.[Ir].[c-]1ccc2c(c1-c1cc(-c3ccccc3)ccn1)Oc1cccc3c1B2c1ccccc1O3. The van der Waals surface area contributed by atoms with E-state index in [1.165, 1.54) is 16.7 Å². The van der Waals surface area contributed by atoms with Crippen molar-refractivity contribution in [2.24, 2.45) is 0 Å². The van der Waals surface area contributed by atoms with Crippen LogP contribution in [-0.4, -0.2) is 16.7 Å². The van der Waals surface area contributed by atoms with Gasteiger partial charge < -0.3 is 19.4 Å². The fraction of sp³-hybridized carbons (Fsp3) is 0.130. The molecule has 1 radical (unpaired) electrons. The Balaban J connectivity index is 0.000000189. The van der Waals surface area contributed by atoms with Gasteiger partial charge in [-0.1, -0.05) is 106 Å². The molecule has 5 aromatic carbocycles. The molecule has 52 heavy (non-hydrogen) atoms. The summed E-state index contributed by atoms with van der Waals surface area (Å²) < 4.78 is 12.7. The number of ether oxygens (including phenoxy) is 2. The summed E-state index contributed by atoms with van der Waals surface area (Å²) in [6.45, 7) is 10.9. The molecule has 0 fully saturated rings. The molecule has 4 heterocycles. The number of hydrogen-bond acceptors (Lipinski definition) is 4. The predicted octanol–water partition coefficient (Wildman–Crippen LogP) is 9.40. The molecule has 0 saturated heterocycles. The van der Waals surface area contributed by atoms with Gasteiger partial charge in [0.25, 0.3) is 0 Å². The van der Waals surface area contributed by atoms with Gasteiger partial charge in [-0.2, -0.15) is 0 Å². The van der Waals surface area contributed by atoms with Gasteiger partial charge >= 0.3 is 0 Å². The van der Waals surface area contributed by atoms with Crippen LogP contribution >= 0.6 is 0 Å². The molecular formula is C46H37BIrN2O2-2. The maximum absolute atomic E-state index is 6.52. The van der Waals surface area contributed by atoms with Gasteiger partial charge in [0.1, 0.15) is 17.2 Å². The van der Waals surface area contributed by atoms with Crippen LogP contribution in [0.3, 0.4) is 0 Å². The zero-order valence-electron chi connectivity index (χ0n) is 29.8. The third-order valence-corrected chi connectivity index (χ3v) is 9.55. The topological polar surface area (TPSA) is 44.2 Å². The molecule has 0 amide bonds. The van der Waals surface area contributed by atoms with Crippen molar-refractivity contribution in [1.29, 1.82) is 0 Å².